The zero-order valence-electron chi connectivity index (χ0n) is 14.2. The maximum Gasteiger partial charge on any atom is 0.238 e. The van der Waals surface area contributed by atoms with Crippen molar-refractivity contribution in [2.45, 2.75) is 25.7 Å². The Balaban J connectivity index is 1.56. The summed E-state index contributed by atoms with van der Waals surface area (Å²) in [6, 6.07) is 6.99. The van der Waals surface area contributed by atoms with Crippen LogP contribution in [0.4, 0.5) is 5.69 Å². The van der Waals surface area contributed by atoms with Gasteiger partial charge in [-0.2, -0.15) is 0 Å². The molecule has 2 aliphatic rings. The molecule has 134 valence electrons. The van der Waals surface area contributed by atoms with Crippen LogP contribution >= 0.6 is 11.6 Å². The summed E-state index contributed by atoms with van der Waals surface area (Å²) >= 11 is 6.02. The number of nitrogens with one attached hydrogen (secondary N) is 1. The molecule has 1 aromatic rings. The minimum Gasteiger partial charge on any atom is -0.324 e. The predicted molar refractivity (Wildman–Crippen MR) is 94.9 cm³/mol. The van der Waals surface area contributed by atoms with E-state index in [4.69, 9.17) is 11.6 Å². The summed E-state index contributed by atoms with van der Waals surface area (Å²) in [5, 5.41) is 3.20. The molecule has 2 unspecified atom stereocenters. The number of rotatable bonds is 5. The minimum absolute atomic E-state index is 0.0671. The van der Waals surface area contributed by atoms with Gasteiger partial charge in [-0.3, -0.25) is 24.2 Å². The van der Waals surface area contributed by atoms with Crippen LogP contribution in [0.15, 0.2) is 24.3 Å². The number of anilines is 1. The van der Waals surface area contributed by atoms with Gasteiger partial charge >= 0.3 is 0 Å². The normalized spacial score (nSPS) is 23.1. The Morgan fingerprint density at radius 2 is 1.80 bits per heavy atom. The molecule has 3 rings (SSSR count). The molecular weight excluding hydrogens is 342 g/mol. The first kappa shape index (κ1) is 17.9. The van der Waals surface area contributed by atoms with Crippen molar-refractivity contribution in [3.05, 3.63) is 29.3 Å². The lowest BCUT2D eigenvalue weighted by Gasteiger charge is -2.23. The Kier molecular flexibility index (Phi) is 5.39. The van der Waals surface area contributed by atoms with Gasteiger partial charge in [0.1, 0.15) is 0 Å². The van der Waals surface area contributed by atoms with Crippen LogP contribution in [0.3, 0.4) is 0 Å². The quantitative estimate of drug-likeness (QED) is 0.815. The molecule has 2 atom stereocenters. The molecule has 0 spiro atoms. The van der Waals surface area contributed by atoms with Crippen LogP contribution in [0.25, 0.3) is 0 Å². The zero-order chi connectivity index (χ0) is 18.0. The van der Waals surface area contributed by atoms with Crippen molar-refractivity contribution >= 4 is 35.0 Å². The fourth-order valence-electron chi connectivity index (χ4n) is 3.66. The van der Waals surface area contributed by atoms with Gasteiger partial charge in [-0.1, -0.05) is 36.6 Å². The average molecular weight is 364 g/mol. The van der Waals surface area contributed by atoms with E-state index in [9.17, 15) is 14.4 Å². The number of hydrogen-bond acceptors (Lipinski definition) is 4. The molecule has 3 amide bonds. The van der Waals surface area contributed by atoms with Crippen molar-refractivity contribution in [3.63, 3.8) is 0 Å². The Labute approximate surface area is 152 Å². The third kappa shape index (κ3) is 3.85. The third-order valence-electron chi connectivity index (χ3n) is 4.88. The number of nitrogens with zero attached hydrogens (tertiary/aromatic N) is 2. The van der Waals surface area contributed by atoms with Gasteiger partial charge in [0.05, 0.1) is 35.8 Å². The molecule has 1 heterocycles. The summed E-state index contributed by atoms with van der Waals surface area (Å²) in [5.74, 6) is -0.744. The van der Waals surface area contributed by atoms with Gasteiger partial charge in [-0.05, 0) is 32.0 Å². The number of fused-ring (bicyclic) bond motifs is 1. The van der Waals surface area contributed by atoms with Crippen LogP contribution in [0.2, 0.25) is 5.02 Å². The Morgan fingerprint density at radius 1 is 1.20 bits per heavy atom. The summed E-state index contributed by atoms with van der Waals surface area (Å²) in [5.41, 5.74) is 0.543. The monoisotopic (exact) mass is 363 g/mol. The fraction of sp³-hybridized carbons (Fsp3) is 0.500. The SMILES string of the molecule is CN(CC(=O)Nc1ccccc1Cl)CN1C(=O)C2CCCCC2C1=O. The first-order valence-electron chi connectivity index (χ1n) is 8.55. The molecule has 1 saturated heterocycles. The third-order valence-corrected chi connectivity index (χ3v) is 5.21. The molecule has 1 aliphatic carbocycles. The van der Waals surface area contributed by atoms with Crippen LogP contribution in [0.5, 0.6) is 0 Å². The highest BCUT2D eigenvalue weighted by Crippen LogP contribution is 2.37. The topological polar surface area (TPSA) is 69.7 Å². The Bertz CT molecular complexity index is 670. The lowest BCUT2D eigenvalue weighted by molar-refractivity contribution is -0.142. The molecule has 1 saturated carbocycles. The number of likely N-dealkylation sites (N-methyl/N-ethyl adjacent to an activating group) is 1. The lowest BCUT2D eigenvalue weighted by Crippen LogP contribution is -2.42. The molecule has 2 fully saturated rings. The van der Waals surface area contributed by atoms with Crippen molar-refractivity contribution in [2.75, 3.05) is 25.6 Å². The van der Waals surface area contributed by atoms with Gasteiger partial charge in [-0.25, -0.2) is 0 Å². The van der Waals surface area contributed by atoms with Crippen molar-refractivity contribution in [1.82, 2.24) is 9.80 Å². The van der Waals surface area contributed by atoms with E-state index in [-0.39, 0.29) is 42.8 Å². The molecule has 1 aromatic carbocycles. The van der Waals surface area contributed by atoms with Crippen LogP contribution in [0, 0.1) is 11.8 Å². The largest absolute Gasteiger partial charge is 0.324 e. The molecule has 0 aromatic heterocycles. The van der Waals surface area contributed by atoms with E-state index in [0.29, 0.717) is 10.7 Å². The smallest absolute Gasteiger partial charge is 0.238 e. The van der Waals surface area contributed by atoms with Crippen molar-refractivity contribution in [1.29, 1.82) is 0 Å². The standard InChI is InChI=1S/C18H22ClN3O3/c1-21(10-16(23)20-15-9-5-4-8-14(15)19)11-22-17(24)12-6-2-3-7-13(12)18(22)25/h4-5,8-9,12-13H,2-3,6-7,10-11H2,1H3,(H,20,23). The summed E-state index contributed by atoms with van der Waals surface area (Å²) in [6.07, 6.45) is 3.60. The number of amides is 3. The number of benzene rings is 1. The first-order valence-corrected chi connectivity index (χ1v) is 8.93. The number of carbonyl (C=O) groups is 3. The van der Waals surface area contributed by atoms with E-state index in [2.05, 4.69) is 5.32 Å². The van der Waals surface area contributed by atoms with E-state index in [0.717, 1.165) is 25.7 Å². The number of carbonyl (C=O) groups excluding carboxylic acids is 3. The molecule has 0 radical (unpaired) electrons. The average Bonchev–Trinajstić information content (AvgIpc) is 2.82. The number of imide groups is 1. The number of likely N-dealkylation sites (tertiary alicyclic amines) is 1. The second-order valence-corrected chi connectivity index (χ2v) is 7.19. The van der Waals surface area contributed by atoms with Crippen LogP contribution in [0.1, 0.15) is 25.7 Å². The highest BCUT2D eigenvalue weighted by Gasteiger charge is 2.48. The summed E-state index contributed by atoms with van der Waals surface area (Å²) in [4.78, 5) is 40.1. The van der Waals surface area contributed by atoms with Gasteiger partial charge in [0.25, 0.3) is 0 Å². The summed E-state index contributed by atoms with van der Waals surface area (Å²) < 4.78 is 0. The number of para-hydroxylation sites is 1. The Hall–Kier alpha value is -1.92. The molecule has 25 heavy (non-hydrogen) atoms. The van der Waals surface area contributed by atoms with Crippen LogP contribution < -0.4 is 5.32 Å². The zero-order valence-corrected chi connectivity index (χ0v) is 15.0. The van der Waals surface area contributed by atoms with Crippen molar-refractivity contribution in [3.8, 4) is 0 Å². The summed E-state index contributed by atoms with van der Waals surface area (Å²) in [6.45, 7) is 0.207. The van der Waals surface area contributed by atoms with Crippen molar-refractivity contribution in [2.24, 2.45) is 11.8 Å². The van der Waals surface area contributed by atoms with E-state index in [1.54, 1.807) is 36.2 Å². The van der Waals surface area contributed by atoms with Gasteiger partial charge in [0.15, 0.2) is 0 Å². The second-order valence-electron chi connectivity index (χ2n) is 6.79. The molecular formula is C18H22ClN3O3. The van der Waals surface area contributed by atoms with Gasteiger partial charge in [-0.15, -0.1) is 0 Å². The van der Waals surface area contributed by atoms with Gasteiger partial charge in [0.2, 0.25) is 17.7 Å². The maximum absolute atomic E-state index is 12.5. The van der Waals surface area contributed by atoms with Crippen molar-refractivity contribution < 1.29 is 14.4 Å². The lowest BCUT2D eigenvalue weighted by atomic mass is 9.81. The Morgan fingerprint density at radius 3 is 2.40 bits per heavy atom. The highest BCUT2D eigenvalue weighted by molar-refractivity contribution is 6.33. The van der Waals surface area contributed by atoms with E-state index < -0.39 is 0 Å². The van der Waals surface area contributed by atoms with Crippen LogP contribution in [-0.2, 0) is 14.4 Å². The second kappa shape index (κ2) is 7.54. The minimum atomic E-state index is -0.243. The van der Waals surface area contributed by atoms with Gasteiger partial charge in [0, 0.05) is 0 Å². The van der Waals surface area contributed by atoms with E-state index >= 15 is 0 Å². The molecule has 6 nitrogen and oxygen atoms in total. The van der Waals surface area contributed by atoms with Gasteiger partial charge < -0.3 is 5.32 Å². The predicted octanol–water partition coefficient (Wildman–Crippen LogP) is 2.34. The molecule has 1 aliphatic heterocycles. The number of hydrogen-bond donors (Lipinski definition) is 1. The van der Waals surface area contributed by atoms with E-state index in [1.165, 1.54) is 4.90 Å². The number of halogens is 1. The first-order chi connectivity index (χ1) is 12.0. The molecule has 1 N–H and O–H groups in total. The maximum atomic E-state index is 12.5. The molecule has 7 heteroatoms. The fourth-order valence-corrected chi connectivity index (χ4v) is 3.84. The highest BCUT2D eigenvalue weighted by atomic mass is 35.5. The van der Waals surface area contributed by atoms with Crippen LogP contribution in [-0.4, -0.2) is 47.8 Å². The summed E-state index contributed by atoms with van der Waals surface area (Å²) in [7, 11) is 1.72. The molecule has 0 bridgehead atoms. The van der Waals surface area contributed by atoms with E-state index in [1.807, 2.05) is 0 Å².